The molecule has 1 N–H and O–H groups in total. The van der Waals surface area contributed by atoms with E-state index >= 15 is 0 Å². The Morgan fingerprint density at radius 1 is 1.17 bits per heavy atom. The predicted molar refractivity (Wildman–Crippen MR) is 128 cm³/mol. The Kier molecular flexibility index (Phi) is 8.18. The van der Waals surface area contributed by atoms with Gasteiger partial charge in [-0.2, -0.15) is 0 Å². The van der Waals surface area contributed by atoms with Gasteiger partial charge >= 0.3 is 0 Å². The number of nitrogens with one attached hydrogen (secondary N) is 1. The lowest BCUT2D eigenvalue weighted by Gasteiger charge is -2.37. The number of piperazine rings is 1. The summed E-state index contributed by atoms with van der Waals surface area (Å²) in [6, 6.07) is 8.22. The molecule has 7 nitrogen and oxygen atoms in total. The third-order valence-corrected chi connectivity index (χ3v) is 4.92. The maximum atomic E-state index is 5.86. The van der Waals surface area contributed by atoms with Gasteiger partial charge in [-0.15, -0.1) is 24.0 Å². The number of aliphatic imine (C=N–C) groups is 1. The SMILES string of the molecule is CN=C(NCc1ncc(C(C)(C)C)o1)N1CCN(c2ccc(OC)cc2)CC1.I. The molecular weight excluding hydrogens is 481 g/mol. The van der Waals surface area contributed by atoms with Crippen molar-refractivity contribution in [3.8, 4) is 5.75 Å². The van der Waals surface area contributed by atoms with E-state index in [1.54, 1.807) is 7.11 Å². The van der Waals surface area contributed by atoms with E-state index < -0.39 is 0 Å². The molecule has 2 heterocycles. The van der Waals surface area contributed by atoms with E-state index in [1.807, 2.05) is 25.4 Å². The lowest BCUT2D eigenvalue weighted by atomic mass is 9.94. The molecule has 0 atom stereocenters. The summed E-state index contributed by atoms with van der Waals surface area (Å²) in [5.74, 6) is 3.34. The molecular formula is C21H32IN5O2. The second-order valence-electron chi connectivity index (χ2n) is 7.94. The summed E-state index contributed by atoms with van der Waals surface area (Å²) in [4.78, 5) is 13.5. The summed E-state index contributed by atoms with van der Waals surface area (Å²) < 4.78 is 11.1. The first kappa shape index (κ1) is 23.3. The van der Waals surface area contributed by atoms with Gasteiger partial charge in [-0.3, -0.25) is 4.99 Å². The van der Waals surface area contributed by atoms with Gasteiger partial charge < -0.3 is 24.3 Å². The lowest BCUT2D eigenvalue weighted by Crippen LogP contribution is -2.52. The second-order valence-corrected chi connectivity index (χ2v) is 7.94. The molecule has 1 aliphatic heterocycles. The number of anilines is 1. The van der Waals surface area contributed by atoms with E-state index in [0.29, 0.717) is 12.4 Å². The topological polar surface area (TPSA) is 66.1 Å². The summed E-state index contributed by atoms with van der Waals surface area (Å²) in [6.07, 6.45) is 1.81. The van der Waals surface area contributed by atoms with E-state index in [0.717, 1.165) is 43.6 Å². The van der Waals surface area contributed by atoms with Crippen molar-refractivity contribution in [3.05, 3.63) is 42.1 Å². The molecule has 1 aromatic carbocycles. The third-order valence-electron chi connectivity index (χ3n) is 4.92. The molecule has 1 aliphatic rings. The standard InChI is InChI=1S/C21H31N5O2.HI/c1-21(2,3)18-14-23-19(28-18)15-24-20(22-4)26-12-10-25(11-13-26)16-6-8-17(27-5)9-7-16;/h6-9,14H,10-13,15H2,1-5H3,(H,22,24);1H. The number of hydrogen-bond acceptors (Lipinski definition) is 5. The average Bonchev–Trinajstić information content (AvgIpc) is 3.19. The maximum Gasteiger partial charge on any atom is 0.213 e. The number of rotatable bonds is 4. The van der Waals surface area contributed by atoms with Gasteiger partial charge in [-0.1, -0.05) is 20.8 Å². The monoisotopic (exact) mass is 513 g/mol. The largest absolute Gasteiger partial charge is 0.497 e. The summed E-state index contributed by atoms with van der Waals surface area (Å²) >= 11 is 0. The van der Waals surface area contributed by atoms with Crippen molar-refractivity contribution in [2.45, 2.75) is 32.7 Å². The molecule has 0 amide bonds. The van der Waals surface area contributed by atoms with E-state index in [2.05, 4.69) is 58.0 Å². The van der Waals surface area contributed by atoms with Crippen molar-refractivity contribution < 1.29 is 9.15 Å². The molecule has 3 rings (SSSR count). The van der Waals surface area contributed by atoms with Gasteiger partial charge in [-0.05, 0) is 24.3 Å². The van der Waals surface area contributed by atoms with Gasteiger partial charge in [0.15, 0.2) is 5.96 Å². The Bertz CT molecular complexity index is 790. The molecule has 1 fully saturated rings. The molecule has 0 saturated carbocycles. The Balaban J connectivity index is 0.00000300. The van der Waals surface area contributed by atoms with Crippen LogP contribution in [-0.4, -0.2) is 56.2 Å². The van der Waals surface area contributed by atoms with E-state index in [4.69, 9.17) is 9.15 Å². The third kappa shape index (κ3) is 6.01. The first-order chi connectivity index (χ1) is 13.4. The Hall–Kier alpha value is -1.97. The number of oxazole rings is 1. The minimum atomic E-state index is -0.0370. The fourth-order valence-corrected chi connectivity index (χ4v) is 3.20. The van der Waals surface area contributed by atoms with Crippen LogP contribution in [0.1, 0.15) is 32.4 Å². The molecule has 1 aromatic heterocycles. The number of ether oxygens (including phenoxy) is 1. The minimum absolute atomic E-state index is 0. The first-order valence-electron chi connectivity index (χ1n) is 9.70. The van der Waals surface area contributed by atoms with Gasteiger partial charge in [0.1, 0.15) is 11.5 Å². The summed E-state index contributed by atoms with van der Waals surface area (Å²) in [5, 5.41) is 3.37. The smallest absolute Gasteiger partial charge is 0.213 e. The molecule has 0 unspecified atom stereocenters. The number of hydrogen-bond donors (Lipinski definition) is 1. The molecule has 29 heavy (non-hydrogen) atoms. The lowest BCUT2D eigenvalue weighted by molar-refractivity contribution is 0.359. The normalized spacial score (nSPS) is 15.1. The van der Waals surface area contributed by atoms with E-state index in [-0.39, 0.29) is 29.4 Å². The van der Waals surface area contributed by atoms with Crippen LogP contribution < -0.4 is 15.0 Å². The fourth-order valence-electron chi connectivity index (χ4n) is 3.20. The maximum absolute atomic E-state index is 5.86. The number of nitrogens with zero attached hydrogens (tertiary/aromatic N) is 4. The van der Waals surface area contributed by atoms with E-state index in [9.17, 15) is 0 Å². The van der Waals surface area contributed by atoms with Crippen LogP contribution in [0.4, 0.5) is 5.69 Å². The van der Waals surface area contributed by atoms with Gasteiger partial charge in [0, 0.05) is 44.3 Å². The highest BCUT2D eigenvalue weighted by molar-refractivity contribution is 14.0. The summed E-state index contributed by atoms with van der Waals surface area (Å²) in [7, 11) is 3.50. The highest BCUT2D eigenvalue weighted by Crippen LogP contribution is 2.23. The van der Waals surface area contributed by atoms with Crippen molar-refractivity contribution in [2.75, 3.05) is 45.2 Å². The van der Waals surface area contributed by atoms with Crippen LogP contribution in [0.15, 0.2) is 39.9 Å². The number of halogens is 1. The number of benzene rings is 1. The number of guanidine groups is 1. The summed E-state index contributed by atoms with van der Waals surface area (Å²) in [5.41, 5.74) is 1.18. The van der Waals surface area contributed by atoms with Gasteiger partial charge in [0.05, 0.1) is 19.9 Å². The molecule has 1 saturated heterocycles. The first-order valence-corrected chi connectivity index (χ1v) is 9.70. The minimum Gasteiger partial charge on any atom is -0.497 e. The predicted octanol–water partition coefficient (Wildman–Crippen LogP) is 3.50. The van der Waals surface area contributed by atoms with Crippen molar-refractivity contribution >= 4 is 35.6 Å². The van der Waals surface area contributed by atoms with Gasteiger partial charge in [0.25, 0.3) is 0 Å². The highest BCUT2D eigenvalue weighted by atomic mass is 127. The second kappa shape index (κ2) is 10.2. The van der Waals surface area contributed by atoms with Crippen LogP contribution in [0.2, 0.25) is 0 Å². The molecule has 160 valence electrons. The zero-order chi connectivity index (χ0) is 20.1. The van der Waals surface area contributed by atoms with Crippen molar-refractivity contribution in [3.63, 3.8) is 0 Å². The Morgan fingerprint density at radius 3 is 2.34 bits per heavy atom. The van der Waals surface area contributed by atoms with Crippen LogP contribution in [-0.2, 0) is 12.0 Å². The van der Waals surface area contributed by atoms with Gasteiger partial charge in [-0.25, -0.2) is 4.98 Å². The number of methoxy groups -OCH3 is 1. The van der Waals surface area contributed by atoms with Crippen LogP contribution in [0, 0.1) is 0 Å². The number of aromatic nitrogens is 1. The fraction of sp³-hybridized carbons (Fsp3) is 0.524. The van der Waals surface area contributed by atoms with Crippen molar-refractivity contribution in [2.24, 2.45) is 4.99 Å². The molecule has 0 aliphatic carbocycles. The van der Waals surface area contributed by atoms with Crippen molar-refractivity contribution in [1.82, 2.24) is 15.2 Å². The molecule has 2 aromatic rings. The van der Waals surface area contributed by atoms with Crippen molar-refractivity contribution in [1.29, 1.82) is 0 Å². The van der Waals surface area contributed by atoms with Gasteiger partial charge in [0.2, 0.25) is 5.89 Å². The van der Waals surface area contributed by atoms with Crippen LogP contribution in [0.3, 0.4) is 0 Å². The van der Waals surface area contributed by atoms with Crippen LogP contribution in [0.25, 0.3) is 0 Å². The molecule has 0 spiro atoms. The highest BCUT2D eigenvalue weighted by Gasteiger charge is 2.22. The zero-order valence-electron chi connectivity index (χ0n) is 17.9. The average molecular weight is 513 g/mol. The molecule has 8 heteroatoms. The quantitative estimate of drug-likeness (QED) is 0.384. The van der Waals surface area contributed by atoms with Crippen LogP contribution in [0.5, 0.6) is 5.75 Å². The Morgan fingerprint density at radius 2 is 1.83 bits per heavy atom. The Labute approximate surface area is 190 Å². The zero-order valence-corrected chi connectivity index (χ0v) is 20.3. The van der Waals surface area contributed by atoms with Crippen LogP contribution >= 0.6 is 24.0 Å². The molecule has 0 radical (unpaired) electrons. The van der Waals surface area contributed by atoms with E-state index in [1.165, 1.54) is 5.69 Å². The summed E-state index contributed by atoms with van der Waals surface area (Å²) in [6.45, 7) is 10.6. The molecule has 0 bridgehead atoms.